The van der Waals surface area contributed by atoms with Crippen molar-refractivity contribution in [3.63, 3.8) is 0 Å². The minimum atomic E-state index is -0.0560. The molecular weight excluding hydrogens is 448 g/mol. The fourth-order valence-electron chi connectivity index (χ4n) is 4.18. The normalized spacial score (nSPS) is 14.4. The van der Waals surface area contributed by atoms with Gasteiger partial charge in [-0.25, -0.2) is 4.98 Å². The molecule has 0 saturated carbocycles. The number of aryl methyl sites for hydroxylation is 1. The zero-order valence-electron chi connectivity index (χ0n) is 19.0. The van der Waals surface area contributed by atoms with E-state index in [0.717, 1.165) is 24.3 Å². The number of hydrogen-bond donors (Lipinski definition) is 0. The van der Waals surface area contributed by atoms with Gasteiger partial charge in [-0.05, 0) is 30.7 Å². The molecule has 0 radical (unpaired) electrons. The van der Waals surface area contributed by atoms with Gasteiger partial charge in [-0.1, -0.05) is 35.9 Å². The Morgan fingerprint density at radius 2 is 1.88 bits per heavy atom. The number of aromatic nitrogens is 2. The second-order valence-corrected chi connectivity index (χ2v) is 9.39. The van der Waals surface area contributed by atoms with Crippen LogP contribution >= 0.6 is 11.3 Å². The molecule has 7 nitrogen and oxygen atoms in total. The molecule has 2 aromatic carbocycles. The molecule has 5 rings (SSSR count). The van der Waals surface area contributed by atoms with E-state index in [0.29, 0.717) is 42.5 Å². The Labute approximate surface area is 201 Å². The maximum absolute atomic E-state index is 13.1. The molecular formula is C26H26N4O3S. The van der Waals surface area contributed by atoms with Gasteiger partial charge < -0.3 is 9.64 Å². The first-order valence-electron chi connectivity index (χ1n) is 11.3. The van der Waals surface area contributed by atoms with Crippen molar-refractivity contribution in [2.45, 2.75) is 20.1 Å². The number of fused-ring (bicyclic) bond motifs is 1. The topological polar surface area (TPSA) is 67.2 Å². The lowest BCUT2D eigenvalue weighted by atomic mass is 10.1. The molecule has 0 atom stereocenters. The highest BCUT2D eigenvalue weighted by molar-refractivity contribution is 7.15. The van der Waals surface area contributed by atoms with E-state index in [1.165, 1.54) is 16.9 Å². The van der Waals surface area contributed by atoms with Gasteiger partial charge in [0.15, 0.2) is 4.96 Å². The summed E-state index contributed by atoms with van der Waals surface area (Å²) in [5, 5.41) is 1.86. The van der Waals surface area contributed by atoms with Crippen LogP contribution in [0, 0.1) is 6.92 Å². The molecule has 3 heterocycles. The van der Waals surface area contributed by atoms with Crippen LogP contribution < -0.4 is 10.3 Å². The maximum Gasteiger partial charge on any atom is 0.258 e. The number of carbonyl (C=O) groups is 1. The van der Waals surface area contributed by atoms with Gasteiger partial charge in [0, 0.05) is 55.9 Å². The lowest BCUT2D eigenvalue weighted by molar-refractivity contribution is 0.0626. The Balaban J connectivity index is 1.17. The molecule has 0 N–H and O–H groups in total. The summed E-state index contributed by atoms with van der Waals surface area (Å²) >= 11 is 1.45. The van der Waals surface area contributed by atoms with Crippen LogP contribution in [0.2, 0.25) is 0 Å². The van der Waals surface area contributed by atoms with Crippen molar-refractivity contribution >= 4 is 22.2 Å². The van der Waals surface area contributed by atoms with Crippen LogP contribution in [0.5, 0.6) is 5.75 Å². The average Bonchev–Trinajstić information content (AvgIpc) is 3.32. The Morgan fingerprint density at radius 3 is 2.71 bits per heavy atom. The summed E-state index contributed by atoms with van der Waals surface area (Å²) < 4.78 is 7.49. The van der Waals surface area contributed by atoms with Crippen molar-refractivity contribution in [3.8, 4) is 5.75 Å². The zero-order chi connectivity index (χ0) is 23.5. The summed E-state index contributed by atoms with van der Waals surface area (Å²) in [4.78, 5) is 34.7. The maximum atomic E-state index is 13.1. The molecule has 4 aromatic rings. The van der Waals surface area contributed by atoms with Gasteiger partial charge >= 0.3 is 0 Å². The van der Waals surface area contributed by atoms with Crippen molar-refractivity contribution < 1.29 is 9.53 Å². The number of ether oxygens (including phenoxy) is 1. The van der Waals surface area contributed by atoms with Gasteiger partial charge in [0.1, 0.15) is 12.4 Å². The first-order chi connectivity index (χ1) is 16.5. The molecule has 1 amide bonds. The molecule has 0 unspecified atom stereocenters. The second-order valence-electron chi connectivity index (χ2n) is 8.52. The highest BCUT2D eigenvalue weighted by atomic mass is 32.1. The molecule has 1 saturated heterocycles. The fourth-order valence-corrected chi connectivity index (χ4v) is 4.92. The van der Waals surface area contributed by atoms with Crippen molar-refractivity contribution in [1.82, 2.24) is 19.2 Å². The number of rotatable bonds is 6. The van der Waals surface area contributed by atoms with Crippen LogP contribution in [0.25, 0.3) is 4.96 Å². The van der Waals surface area contributed by atoms with Crippen molar-refractivity contribution in [2.24, 2.45) is 0 Å². The van der Waals surface area contributed by atoms with Crippen molar-refractivity contribution in [2.75, 3.05) is 26.2 Å². The largest absolute Gasteiger partial charge is 0.489 e. The number of carbonyl (C=O) groups excluding carboxylic acids is 1. The van der Waals surface area contributed by atoms with Crippen LogP contribution in [-0.4, -0.2) is 51.3 Å². The predicted octanol–water partition coefficient (Wildman–Crippen LogP) is 3.60. The first-order valence-corrected chi connectivity index (χ1v) is 12.2. The van der Waals surface area contributed by atoms with Gasteiger partial charge in [0.2, 0.25) is 0 Å². The second kappa shape index (κ2) is 9.79. The van der Waals surface area contributed by atoms with Gasteiger partial charge in [-0.15, -0.1) is 11.3 Å². The van der Waals surface area contributed by atoms with E-state index in [-0.39, 0.29) is 11.5 Å². The van der Waals surface area contributed by atoms with Crippen LogP contribution in [0.4, 0.5) is 0 Å². The third kappa shape index (κ3) is 5.03. The summed E-state index contributed by atoms with van der Waals surface area (Å²) in [6, 6.07) is 17.2. The van der Waals surface area contributed by atoms with E-state index in [4.69, 9.17) is 4.74 Å². The highest BCUT2D eigenvalue weighted by Crippen LogP contribution is 2.18. The first kappa shape index (κ1) is 22.3. The molecule has 0 bridgehead atoms. The number of thiazole rings is 1. The van der Waals surface area contributed by atoms with E-state index in [1.54, 1.807) is 16.7 Å². The number of benzene rings is 2. The summed E-state index contributed by atoms with van der Waals surface area (Å²) in [6.45, 7) is 5.87. The molecule has 0 aliphatic carbocycles. The number of hydrogen-bond acceptors (Lipinski definition) is 6. The van der Waals surface area contributed by atoms with E-state index >= 15 is 0 Å². The van der Waals surface area contributed by atoms with Gasteiger partial charge in [-0.3, -0.25) is 18.9 Å². The lowest BCUT2D eigenvalue weighted by Crippen LogP contribution is -2.48. The molecule has 34 heavy (non-hydrogen) atoms. The van der Waals surface area contributed by atoms with Gasteiger partial charge in [0.25, 0.3) is 11.5 Å². The Morgan fingerprint density at radius 1 is 1.06 bits per heavy atom. The molecule has 174 valence electrons. The van der Waals surface area contributed by atoms with Crippen LogP contribution in [0.15, 0.2) is 71.0 Å². The molecule has 2 aromatic heterocycles. The van der Waals surface area contributed by atoms with Crippen molar-refractivity contribution in [1.29, 1.82) is 0 Å². The predicted molar refractivity (Wildman–Crippen MR) is 132 cm³/mol. The van der Waals surface area contributed by atoms with E-state index in [2.05, 4.69) is 28.9 Å². The molecule has 1 aliphatic heterocycles. The Bertz CT molecular complexity index is 1370. The monoisotopic (exact) mass is 474 g/mol. The van der Waals surface area contributed by atoms with Crippen LogP contribution in [0.3, 0.4) is 0 Å². The highest BCUT2D eigenvalue weighted by Gasteiger charge is 2.23. The molecule has 1 aliphatic rings. The standard InChI is InChI=1S/C26H26N4O3S/c1-19-4-2-5-20(14-19)18-33-23-7-3-6-21(15-23)25(32)29-10-8-28(9-11-29)17-22-16-24(31)30-12-13-34-26(30)27-22/h2-7,12-16H,8-11,17-18H2,1H3. The van der Waals surface area contributed by atoms with Crippen molar-refractivity contribution in [3.05, 3.63) is 98.9 Å². The van der Waals surface area contributed by atoms with E-state index in [9.17, 15) is 9.59 Å². The number of amides is 1. The lowest BCUT2D eigenvalue weighted by Gasteiger charge is -2.34. The summed E-state index contributed by atoms with van der Waals surface area (Å²) in [5.41, 5.74) is 3.64. The van der Waals surface area contributed by atoms with Crippen LogP contribution in [0.1, 0.15) is 27.2 Å². The van der Waals surface area contributed by atoms with Gasteiger partial charge in [-0.2, -0.15) is 0 Å². The van der Waals surface area contributed by atoms with Gasteiger partial charge in [0.05, 0.1) is 5.69 Å². The Kier molecular flexibility index (Phi) is 6.42. The summed E-state index contributed by atoms with van der Waals surface area (Å²) in [7, 11) is 0. The molecule has 1 fully saturated rings. The average molecular weight is 475 g/mol. The minimum Gasteiger partial charge on any atom is -0.489 e. The summed E-state index contributed by atoms with van der Waals surface area (Å²) in [6.07, 6.45) is 1.74. The third-order valence-corrected chi connectivity index (χ3v) is 6.73. The molecule has 0 spiro atoms. The minimum absolute atomic E-state index is 0.0111. The van der Waals surface area contributed by atoms with Crippen LogP contribution in [-0.2, 0) is 13.2 Å². The molecule has 8 heteroatoms. The fraction of sp³-hybridized carbons (Fsp3) is 0.269. The number of nitrogens with zero attached hydrogens (tertiary/aromatic N) is 4. The smallest absolute Gasteiger partial charge is 0.258 e. The van der Waals surface area contributed by atoms with E-state index < -0.39 is 0 Å². The summed E-state index contributed by atoms with van der Waals surface area (Å²) in [5.74, 6) is 0.698. The SMILES string of the molecule is Cc1cccc(COc2cccc(C(=O)N3CCN(Cc4cc(=O)n5ccsc5n4)CC3)c2)c1. The number of piperazine rings is 1. The zero-order valence-corrected chi connectivity index (χ0v) is 19.8. The quantitative estimate of drug-likeness (QED) is 0.427. The Hall–Kier alpha value is -3.49. The van der Waals surface area contributed by atoms with E-state index in [1.807, 2.05) is 46.7 Å². The third-order valence-electron chi connectivity index (χ3n) is 5.97.